The van der Waals surface area contributed by atoms with Gasteiger partial charge in [0.05, 0.1) is 6.20 Å². The van der Waals surface area contributed by atoms with Gasteiger partial charge in [-0.15, -0.1) is 0 Å². The molecule has 3 rings (SSSR count). The molecule has 5 nitrogen and oxygen atoms in total. The molecule has 6 heteroatoms. The Balaban J connectivity index is 1.90. The van der Waals surface area contributed by atoms with Crippen LogP contribution in [0, 0.1) is 5.92 Å². The van der Waals surface area contributed by atoms with Crippen LogP contribution in [0.4, 0.5) is 0 Å². The summed E-state index contributed by atoms with van der Waals surface area (Å²) >= 11 is 0. The number of hydrogen-bond acceptors (Lipinski definition) is 3. The Kier molecular flexibility index (Phi) is 2.71. The highest BCUT2D eigenvalue weighted by Gasteiger charge is 2.42. The predicted molar refractivity (Wildman–Crippen MR) is 62.8 cm³/mol. The number of nitrogens with one attached hydrogen (secondary N) is 1. The molecule has 2 unspecified atom stereocenters. The normalized spacial score (nSPS) is 30.4. The minimum Gasteiger partial charge on any atom is -0.266 e. The number of aromatic nitrogens is 2. The predicted octanol–water partition coefficient (Wildman–Crippen LogP) is 1.36. The fourth-order valence-corrected chi connectivity index (χ4v) is 4.81. The van der Waals surface area contributed by atoms with E-state index < -0.39 is 10.0 Å². The van der Waals surface area contributed by atoms with Gasteiger partial charge in [0.15, 0.2) is 5.03 Å². The van der Waals surface area contributed by atoms with Crippen LogP contribution < -0.4 is 0 Å². The lowest BCUT2D eigenvalue weighted by atomic mass is 9.86. The van der Waals surface area contributed by atoms with E-state index in [0.29, 0.717) is 12.5 Å². The Morgan fingerprint density at radius 3 is 2.88 bits per heavy atom. The minimum atomic E-state index is -3.35. The highest BCUT2D eigenvalue weighted by molar-refractivity contribution is 7.89. The topological polar surface area (TPSA) is 66.1 Å². The van der Waals surface area contributed by atoms with Gasteiger partial charge in [-0.25, -0.2) is 8.42 Å². The van der Waals surface area contributed by atoms with E-state index in [1.807, 2.05) is 0 Å². The van der Waals surface area contributed by atoms with Crippen molar-refractivity contribution in [3.63, 3.8) is 0 Å². The van der Waals surface area contributed by atoms with Crippen LogP contribution in [0.5, 0.6) is 0 Å². The fraction of sp³-hybridized carbons (Fsp3) is 0.727. The van der Waals surface area contributed by atoms with E-state index in [1.165, 1.54) is 25.1 Å². The molecule has 1 N–H and O–H groups in total. The maximum Gasteiger partial charge on any atom is 0.260 e. The fourth-order valence-electron chi connectivity index (χ4n) is 3.17. The zero-order chi connectivity index (χ0) is 11.9. The second-order valence-corrected chi connectivity index (χ2v) is 6.80. The van der Waals surface area contributed by atoms with Gasteiger partial charge in [-0.05, 0) is 31.2 Å². The van der Waals surface area contributed by atoms with Gasteiger partial charge in [0.25, 0.3) is 10.0 Å². The zero-order valence-electron chi connectivity index (χ0n) is 9.67. The summed E-state index contributed by atoms with van der Waals surface area (Å²) in [5.74, 6) is 0.571. The van der Waals surface area contributed by atoms with Crippen molar-refractivity contribution in [1.29, 1.82) is 0 Å². The van der Waals surface area contributed by atoms with Crippen LogP contribution in [0.25, 0.3) is 0 Å². The first-order chi connectivity index (χ1) is 8.19. The first kappa shape index (κ1) is 11.2. The van der Waals surface area contributed by atoms with Crippen molar-refractivity contribution in [2.45, 2.75) is 43.2 Å². The van der Waals surface area contributed by atoms with Crippen molar-refractivity contribution >= 4 is 10.0 Å². The molecule has 0 spiro atoms. The first-order valence-electron chi connectivity index (χ1n) is 6.21. The number of sulfonamides is 1. The Labute approximate surface area is 101 Å². The standard InChI is InChI=1S/C11H17N3O2S/c15-17(16,11-5-7-12-13-11)14-8-6-9-3-1-2-4-10(9)14/h5,7,9-10H,1-4,6,8H2,(H,12,13). The molecule has 1 aliphatic carbocycles. The van der Waals surface area contributed by atoms with E-state index in [4.69, 9.17) is 0 Å². The second-order valence-electron chi connectivity index (χ2n) is 4.94. The van der Waals surface area contributed by atoms with E-state index in [-0.39, 0.29) is 11.1 Å². The summed E-state index contributed by atoms with van der Waals surface area (Å²) in [5.41, 5.74) is 0. The lowest BCUT2D eigenvalue weighted by Gasteiger charge is -2.30. The molecule has 2 aliphatic rings. The molecular weight excluding hydrogens is 238 g/mol. The van der Waals surface area contributed by atoms with E-state index in [2.05, 4.69) is 10.2 Å². The molecule has 1 aromatic heterocycles. The molecule has 0 radical (unpaired) electrons. The van der Waals surface area contributed by atoms with Gasteiger partial charge in [0.2, 0.25) is 0 Å². The van der Waals surface area contributed by atoms with Crippen molar-refractivity contribution in [2.24, 2.45) is 5.92 Å². The third kappa shape index (κ3) is 1.79. The Morgan fingerprint density at radius 2 is 2.12 bits per heavy atom. The molecule has 2 atom stereocenters. The highest BCUT2D eigenvalue weighted by atomic mass is 32.2. The average Bonchev–Trinajstić information content (AvgIpc) is 2.99. The quantitative estimate of drug-likeness (QED) is 0.867. The maximum absolute atomic E-state index is 12.4. The van der Waals surface area contributed by atoms with Crippen molar-refractivity contribution in [2.75, 3.05) is 6.54 Å². The molecule has 17 heavy (non-hydrogen) atoms. The van der Waals surface area contributed by atoms with Crippen LogP contribution in [0.15, 0.2) is 17.3 Å². The smallest absolute Gasteiger partial charge is 0.260 e. The van der Waals surface area contributed by atoms with Crippen molar-refractivity contribution in [1.82, 2.24) is 14.5 Å². The van der Waals surface area contributed by atoms with Gasteiger partial charge in [-0.1, -0.05) is 12.8 Å². The lowest BCUT2D eigenvalue weighted by molar-refractivity contribution is 0.260. The van der Waals surface area contributed by atoms with Gasteiger partial charge < -0.3 is 0 Å². The largest absolute Gasteiger partial charge is 0.266 e. The Bertz CT molecular complexity index is 483. The maximum atomic E-state index is 12.4. The summed E-state index contributed by atoms with van der Waals surface area (Å²) in [7, 11) is -3.35. The summed E-state index contributed by atoms with van der Waals surface area (Å²) in [6.45, 7) is 0.663. The number of hydrogen-bond donors (Lipinski definition) is 1. The molecule has 1 aromatic rings. The summed E-state index contributed by atoms with van der Waals surface area (Å²) in [5, 5.41) is 6.53. The van der Waals surface area contributed by atoms with Crippen LogP contribution >= 0.6 is 0 Å². The van der Waals surface area contributed by atoms with E-state index in [9.17, 15) is 8.42 Å². The number of nitrogens with zero attached hydrogens (tertiary/aromatic N) is 2. The van der Waals surface area contributed by atoms with Crippen molar-refractivity contribution < 1.29 is 8.42 Å². The lowest BCUT2D eigenvalue weighted by Crippen LogP contribution is -2.39. The van der Waals surface area contributed by atoms with Crippen LogP contribution in [-0.4, -0.2) is 35.5 Å². The summed E-state index contributed by atoms with van der Waals surface area (Å²) < 4.78 is 26.5. The van der Waals surface area contributed by atoms with Crippen molar-refractivity contribution in [3.8, 4) is 0 Å². The number of fused-ring (bicyclic) bond motifs is 1. The minimum absolute atomic E-state index is 0.219. The van der Waals surface area contributed by atoms with Gasteiger partial charge in [0, 0.05) is 12.6 Å². The molecule has 1 saturated heterocycles. The SMILES string of the molecule is O=S(=O)(c1ccn[nH]1)N1CCC2CCCCC21. The highest BCUT2D eigenvalue weighted by Crippen LogP contribution is 2.38. The van der Waals surface area contributed by atoms with Gasteiger partial charge >= 0.3 is 0 Å². The van der Waals surface area contributed by atoms with E-state index >= 15 is 0 Å². The third-order valence-electron chi connectivity index (χ3n) is 4.02. The van der Waals surface area contributed by atoms with Crippen molar-refractivity contribution in [3.05, 3.63) is 12.3 Å². The monoisotopic (exact) mass is 255 g/mol. The van der Waals surface area contributed by atoms with Gasteiger partial charge in [0.1, 0.15) is 0 Å². The van der Waals surface area contributed by atoms with Crippen LogP contribution in [0.2, 0.25) is 0 Å². The van der Waals surface area contributed by atoms with Crippen LogP contribution in [0.1, 0.15) is 32.1 Å². The van der Waals surface area contributed by atoms with Gasteiger partial charge in [-0.3, -0.25) is 5.10 Å². The molecule has 1 saturated carbocycles. The molecule has 94 valence electrons. The Hall–Kier alpha value is -0.880. The molecule has 0 amide bonds. The molecule has 2 fully saturated rings. The zero-order valence-corrected chi connectivity index (χ0v) is 10.5. The van der Waals surface area contributed by atoms with E-state index in [0.717, 1.165) is 19.3 Å². The molecule has 0 bridgehead atoms. The summed E-state index contributed by atoms with van der Waals surface area (Å²) in [4.78, 5) is 0. The third-order valence-corrected chi connectivity index (χ3v) is 5.87. The van der Waals surface area contributed by atoms with Crippen LogP contribution in [0.3, 0.4) is 0 Å². The van der Waals surface area contributed by atoms with E-state index in [1.54, 1.807) is 4.31 Å². The number of rotatable bonds is 2. The molecule has 0 aromatic carbocycles. The molecule has 2 heterocycles. The molecular formula is C11H17N3O2S. The average molecular weight is 255 g/mol. The first-order valence-corrected chi connectivity index (χ1v) is 7.65. The molecule has 1 aliphatic heterocycles. The second kappa shape index (κ2) is 4.10. The Morgan fingerprint density at radius 1 is 1.29 bits per heavy atom. The van der Waals surface area contributed by atoms with Gasteiger partial charge in [-0.2, -0.15) is 9.40 Å². The van der Waals surface area contributed by atoms with Crippen LogP contribution in [-0.2, 0) is 10.0 Å². The summed E-state index contributed by atoms with van der Waals surface area (Å²) in [6.07, 6.45) is 7.09. The number of aromatic amines is 1. The number of H-pyrrole nitrogens is 1. The summed E-state index contributed by atoms with van der Waals surface area (Å²) in [6, 6.07) is 1.75.